The lowest BCUT2D eigenvalue weighted by Gasteiger charge is -2.29. The van der Waals surface area contributed by atoms with Crippen LogP contribution in [0.15, 0.2) is 229 Å². The van der Waals surface area contributed by atoms with Crippen molar-refractivity contribution < 1.29 is 4.42 Å². The number of rotatable bonds is 6. The molecule has 1 aromatic heterocycles. The molecule has 0 saturated carbocycles. The molecule has 1 aliphatic carbocycles. The fourth-order valence-corrected chi connectivity index (χ4v) is 11.0. The Hall–Kier alpha value is -8.20. The minimum absolute atomic E-state index is 0.146. The van der Waals surface area contributed by atoms with Gasteiger partial charge in [0.1, 0.15) is 11.2 Å². The molecule has 11 aromatic carbocycles. The summed E-state index contributed by atoms with van der Waals surface area (Å²) in [6, 6.07) is 82.0. The van der Waals surface area contributed by atoms with Crippen molar-refractivity contribution in [1.29, 1.82) is 0 Å². The van der Waals surface area contributed by atoms with Crippen LogP contribution in [0.1, 0.15) is 25.0 Å². The molecule has 0 bridgehead atoms. The molecule has 1 aliphatic rings. The summed E-state index contributed by atoms with van der Waals surface area (Å²) >= 11 is 0. The number of furan rings is 1. The topological polar surface area (TPSA) is 16.4 Å². The minimum atomic E-state index is -0.146. The van der Waals surface area contributed by atoms with Gasteiger partial charge < -0.3 is 9.32 Å². The number of fused-ring (bicyclic) bond motifs is 12. The Morgan fingerprint density at radius 1 is 0.338 bits per heavy atom. The Labute approximate surface area is 378 Å². The van der Waals surface area contributed by atoms with Crippen molar-refractivity contribution in [3.8, 4) is 44.5 Å². The van der Waals surface area contributed by atoms with Crippen LogP contribution in [0.2, 0.25) is 0 Å². The average molecular weight is 830 g/mol. The zero-order valence-corrected chi connectivity index (χ0v) is 36.2. The molecule has 2 heteroatoms. The van der Waals surface area contributed by atoms with E-state index in [4.69, 9.17) is 4.42 Å². The van der Waals surface area contributed by atoms with Crippen LogP contribution in [0.4, 0.5) is 17.1 Å². The number of benzene rings is 11. The van der Waals surface area contributed by atoms with Crippen molar-refractivity contribution in [1.82, 2.24) is 0 Å². The Kier molecular flexibility index (Phi) is 8.29. The molecule has 2 nitrogen and oxygen atoms in total. The maximum absolute atomic E-state index is 7.31. The zero-order chi connectivity index (χ0) is 43.2. The molecule has 0 spiro atoms. The highest BCUT2D eigenvalue weighted by molar-refractivity contribution is 6.32. The molecule has 0 fully saturated rings. The maximum Gasteiger partial charge on any atom is 0.143 e. The molecule has 0 aliphatic heterocycles. The van der Waals surface area contributed by atoms with Crippen LogP contribution in [-0.2, 0) is 5.41 Å². The van der Waals surface area contributed by atoms with Crippen molar-refractivity contribution in [2.45, 2.75) is 19.3 Å². The largest absolute Gasteiger partial charge is 0.455 e. The summed E-state index contributed by atoms with van der Waals surface area (Å²) in [5.74, 6) is 0. The quantitative estimate of drug-likeness (QED) is 0.155. The predicted molar refractivity (Wildman–Crippen MR) is 275 cm³/mol. The molecule has 0 N–H and O–H groups in total. The van der Waals surface area contributed by atoms with Crippen LogP contribution >= 0.6 is 0 Å². The molecule has 0 atom stereocenters. The molecule has 65 heavy (non-hydrogen) atoms. The van der Waals surface area contributed by atoms with E-state index in [1.807, 2.05) is 0 Å². The Morgan fingerprint density at radius 3 is 1.63 bits per heavy atom. The van der Waals surface area contributed by atoms with Gasteiger partial charge in [0.25, 0.3) is 0 Å². The monoisotopic (exact) mass is 829 g/mol. The summed E-state index contributed by atoms with van der Waals surface area (Å²) < 4.78 is 7.31. The third kappa shape index (κ3) is 5.67. The van der Waals surface area contributed by atoms with E-state index in [1.165, 1.54) is 49.5 Å². The Morgan fingerprint density at radius 2 is 0.877 bits per heavy atom. The standard InChI is InChI=1S/C63H43NO/c1-63(2)56-28-16-15-24-49(56)50-34-33-44(39-57(50)63)64(43-31-29-41(30-32-43)40-17-5-3-6-18-40)58-38-37-53(48-23-9-12-25-51(48)58)59-45(42-19-7-4-8-20-42)35-36-55-60-52-26-13-10-21-46(52)47-22-11-14-27-54(47)61(60)65-62(55)59/h3-39H,1-2H3. The highest BCUT2D eigenvalue weighted by Gasteiger charge is 2.36. The first kappa shape index (κ1) is 37.4. The number of nitrogens with zero attached hydrogens (tertiary/aromatic N) is 1. The molecule has 12 aromatic rings. The van der Waals surface area contributed by atoms with Gasteiger partial charge in [-0.25, -0.2) is 0 Å². The summed E-state index contributed by atoms with van der Waals surface area (Å²) in [6.45, 7) is 4.72. The molecule has 1 heterocycles. The van der Waals surface area contributed by atoms with Gasteiger partial charge in [0.2, 0.25) is 0 Å². The highest BCUT2D eigenvalue weighted by Crippen LogP contribution is 2.53. The summed E-state index contributed by atoms with van der Waals surface area (Å²) in [5, 5.41) is 9.34. The second-order valence-electron chi connectivity index (χ2n) is 18.0. The normalized spacial score (nSPS) is 12.9. The number of hydrogen-bond donors (Lipinski definition) is 0. The van der Waals surface area contributed by atoms with Crippen LogP contribution in [-0.4, -0.2) is 0 Å². The fraction of sp³-hybridized carbons (Fsp3) is 0.0476. The van der Waals surface area contributed by atoms with Crippen LogP contribution in [0.25, 0.3) is 98.8 Å². The molecule has 0 saturated heterocycles. The Bertz CT molecular complexity index is 3840. The lowest BCUT2D eigenvalue weighted by Crippen LogP contribution is -2.16. The van der Waals surface area contributed by atoms with E-state index in [0.29, 0.717) is 0 Å². The van der Waals surface area contributed by atoms with Crippen LogP contribution in [0, 0.1) is 0 Å². The summed E-state index contributed by atoms with van der Waals surface area (Å²) in [5.41, 5.74) is 17.2. The van der Waals surface area contributed by atoms with Crippen LogP contribution in [0.3, 0.4) is 0 Å². The van der Waals surface area contributed by atoms with Crippen molar-refractivity contribution >= 4 is 71.3 Å². The molecular formula is C63H43NO. The summed E-state index contributed by atoms with van der Waals surface area (Å²) in [7, 11) is 0. The van der Waals surface area contributed by atoms with E-state index in [1.54, 1.807) is 0 Å². The second-order valence-corrected chi connectivity index (χ2v) is 18.0. The summed E-state index contributed by atoms with van der Waals surface area (Å²) in [6.07, 6.45) is 0. The molecule has 0 amide bonds. The SMILES string of the molecule is CC1(C)c2ccccc2-c2ccc(N(c3ccc(-c4ccccc4)cc3)c3ccc(-c4c(-c5ccccc5)ccc5c4oc4c6ccccc6c6ccccc6c54)c4ccccc34)cc21. The van der Waals surface area contributed by atoms with Crippen molar-refractivity contribution in [2.24, 2.45) is 0 Å². The number of hydrogen-bond acceptors (Lipinski definition) is 2. The third-order valence-corrected chi connectivity index (χ3v) is 14.1. The van der Waals surface area contributed by atoms with Crippen molar-refractivity contribution in [3.63, 3.8) is 0 Å². The smallest absolute Gasteiger partial charge is 0.143 e. The third-order valence-electron chi connectivity index (χ3n) is 14.1. The molecule has 0 unspecified atom stereocenters. The summed E-state index contributed by atoms with van der Waals surface area (Å²) in [4.78, 5) is 2.46. The zero-order valence-electron chi connectivity index (χ0n) is 36.2. The maximum atomic E-state index is 7.31. The first-order valence-corrected chi connectivity index (χ1v) is 22.6. The lowest BCUT2D eigenvalue weighted by atomic mass is 9.82. The van der Waals surface area contributed by atoms with Gasteiger partial charge in [0, 0.05) is 43.9 Å². The van der Waals surface area contributed by atoms with Gasteiger partial charge in [-0.2, -0.15) is 0 Å². The van der Waals surface area contributed by atoms with Gasteiger partial charge in [-0.3, -0.25) is 0 Å². The lowest BCUT2D eigenvalue weighted by molar-refractivity contribution is 0.660. The van der Waals surface area contributed by atoms with Gasteiger partial charge in [0.15, 0.2) is 0 Å². The Balaban J connectivity index is 1.07. The van der Waals surface area contributed by atoms with Crippen LogP contribution < -0.4 is 4.90 Å². The van der Waals surface area contributed by atoms with Gasteiger partial charge in [-0.1, -0.05) is 202 Å². The molecular weight excluding hydrogens is 787 g/mol. The van der Waals surface area contributed by atoms with E-state index in [0.717, 1.165) is 77.4 Å². The van der Waals surface area contributed by atoms with Gasteiger partial charge in [-0.05, 0) is 108 Å². The minimum Gasteiger partial charge on any atom is -0.455 e. The average Bonchev–Trinajstić information content (AvgIpc) is 3.87. The number of anilines is 3. The van der Waals surface area contributed by atoms with Gasteiger partial charge in [-0.15, -0.1) is 0 Å². The van der Waals surface area contributed by atoms with Gasteiger partial charge in [0.05, 0.1) is 5.69 Å². The van der Waals surface area contributed by atoms with E-state index in [-0.39, 0.29) is 5.41 Å². The molecule has 306 valence electrons. The van der Waals surface area contributed by atoms with Gasteiger partial charge >= 0.3 is 0 Å². The predicted octanol–water partition coefficient (Wildman–Crippen LogP) is 17.8. The second kappa shape index (κ2) is 14.4. The van der Waals surface area contributed by atoms with Crippen LogP contribution in [0.5, 0.6) is 0 Å². The van der Waals surface area contributed by atoms with E-state index in [9.17, 15) is 0 Å². The van der Waals surface area contributed by atoms with Crippen molar-refractivity contribution in [3.05, 3.63) is 236 Å². The molecule has 13 rings (SSSR count). The van der Waals surface area contributed by atoms with E-state index < -0.39 is 0 Å². The van der Waals surface area contributed by atoms with E-state index >= 15 is 0 Å². The van der Waals surface area contributed by atoms with Crippen molar-refractivity contribution in [2.75, 3.05) is 4.90 Å². The first-order chi connectivity index (χ1) is 32.0. The first-order valence-electron chi connectivity index (χ1n) is 22.6. The molecule has 0 radical (unpaired) electrons. The van der Waals surface area contributed by atoms with E-state index in [2.05, 4.69) is 243 Å². The highest BCUT2D eigenvalue weighted by atomic mass is 16.3. The fourth-order valence-electron chi connectivity index (χ4n) is 11.0.